The quantitative estimate of drug-likeness (QED) is 0.795. The number of hydrogen-bond donors (Lipinski definition) is 0. The molecule has 0 saturated heterocycles. The molecule has 21 heavy (non-hydrogen) atoms. The van der Waals surface area contributed by atoms with Crippen LogP contribution < -0.4 is 0 Å². The summed E-state index contributed by atoms with van der Waals surface area (Å²) in [7, 11) is -3.17. The number of sulfone groups is 1. The second-order valence-electron chi connectivity index (χ2n) is 4.56. The molecule has 1 aromatic heterocycles. The number of benzene rings is 1. The van der Waals surface area contributed by atoms with E-state index < -0.39 is 9.84 Å². The highest BCUT2D eigenvalue weighted by Gasteiger charge is 2.11. The van der Waals surface area contributed by atoms with Crippen LogP contribution in [0.3, 0.4) is 0 Å². The summed E-state index contributed by atoms with van der Waals surface area (Å²) in [5.41, 5.74) is 0.825. The van der Waals surface area contributed by atoms with E-state index in [0.29, 0.717) is 22.3 Å². The van der Waals surface area contributed by atoms with Gasteiger partial charge in [0.25, 0.3) is 0 Å². The Morgan fingerprint density at radius 3 is 2.33 bits per heavy atom. The van der Waals surface area contributed by atoms with Crippen LogP contribution in [-0.4, -0.2) is 24.6 Å². The molecule has 1 aromatic carbocycles. The molecule has 0 bridgehead atoms. The molecule has 0 N–H and O–H groups in total. The van der Waals surface area contributed by atoms with Gasteiger partial charge in [-0.15, -0.1) is 0 Å². The molecule has 0 unspecified atom stereocenters. The van der Waals surface area contributed by atoms with Gasteiger partial charge in [-0.1, -0.05) is 30.3 Å². The molecular weight excluding hydrogens is 328 g/mol. The van der Waals surface area contributed by atoms with Gasteiger partial charge in [-0.2, -0.15) is 0 Å². The van der Waals surface area contributed by atoms with Crippen molar-refractivity contribution in [3.05, 3.63) is 40.8 Å². The zero-order chi connectivity index (χ0) is 15.6. The first-order chi connectivity index (χ1) is 9.81. The molecule has 7 heteroatoms. The zero-order valence-corrected chi connectivity index (χ0v) is 14.3. The third-order valence-electron chi connectivity index (χ3n) is 2.87. The molecule has 0 atom stereocenters. The van der Waals surface area contributed by atoms with E-state index in [2.05, 4.69) is 9.97 Å². The largest absolute Gasteiger partial charge is 0.226 e. The standard InChI is InChI=1S/C14H15ClN2O2S2/c1-4-12-16-13(15)9(2)14(17-12)20-10-5-7-11(8-6-10)21(3,18)19/h5-8H,4H2,1-3H3. The van der Waals surface area contributed by atoms with Crippen LogP contribution in [0.1, 0.15) is 18.3 Å². The number of aromatic nitrogens is 2. The maximum Gasteiger partial charge on any atom is 0.175 e. The molecule has 0 aliphatic heterocycles. The first kappa shape index (κ1) is 16.3. The van der Waals surface area contributed by atoms with Crippen molar-refractivity contribution in [2.45, 2.75) is 35.1 Å². The Morgan fingerprint density at radius 2 is 1.81 bits per heavy atom. The number of aryl methyl sites for hydroxylation is 1. The van der Waals surface area contributed by atoms with E-state index in [1.807, 2.05) is 13.8 Å². The van der Waals surface area contributed by atoms with E-state index in [9.17, 15) is 8.42 Å². The smallest absolute Gasteiger partial charge is 0.175 e. The minimum atomic E-state index is -3.17. The van der Waals surface area contributed by atoms with Gasteiger partial charge in [-0.3, -0.25) is 0 Å². The number of halogens is 1. The van der Waals surface area contributed by atoms with Gasteiger partial charge in [0.2, 0.25) is 0 Å². The Bertz CT molecular complexity index is 759. The molecule has 2 rings (SSSR count). The van der Waals surface area contributed by atoms with Crippen LogP contribution in [0.15, 0.2) is 39.1 Å². The summed E-state index contributed by atoms with van der Waals surface area (Å²) in [4.78, 5) is 9.88. The Hall–Kier alpha value is -1.11. The van der Waals surface area contributed by atoms with Crippen LogP contribution in [-0.2, 0) is 16.3 Å². The van der Waals surface area contributed by atoms with E-state index in [1.54, 1.807) is 24.3 Å². The molecule has 0 amide bonds. The maximum atomic E-state index is 11.4. The average molecular weight is 343 g/mol. The Kier molecular flexibility index (Phi) is 4.91. The molecule has 0 saturated carbocycles. The SMILES string of the molecule is CCc1nc(Cl)c(C)c(Sc2ccc(S(C)(=O)=O)cc2)n1. The average Bonchev–Trinajstić information content (AvgIpc) is 2.43. The van der Waals surface area contributed by atoms with Gasteiger partial charge in [-0.05, 0) is 31.2 Å². The lowest BCUT2D eigenvalue weighted by Crippen LogP contribution is -1.99. The Labute approximate surface area is 133 Å². The topological polar surface area (TPSA) is 59.9 Å². The van der Waals surface area contributed by atoms with E-state index >= 15 is 0 Å². The normalized spacial score (nSPS) is 11.6. The Balaban J connectivity index is 2.32. The van der Waals surface area contributed by atoms with Crippen LogP contribution in [0.5, 0.6) is 0 Å². The number of hydrogen-bond acceptors (Lipinski definition) is 5. The van der Waals surface area contributed by atoms with Gasteiger partial charge in [0.1, 0.15) is 16.0 Å². The predicted molar refractivity (Wildman–Crippen MR) is 84.8 cm³/mol. The van der Waals surface area contributed by atoms with E-state index in [0.717, 1.165) is 15.5 Å². The van der Waals surface area contributed by atoms with E-state index in [-0.39, 0.29) is 0 Å². The number of nitrogens with zero attached hydrogens (tertiary/aromatic N) is 2. The Morgan fingerprint density at radius 1 is 1.19 bits per heavy atom. The lowest BCUT2D eigenvalue weighted by Gasteiger charge is -2.08. The monoisotopic (exact) mass is 342 g/mol. The van der Waals surface area contributed by atoms with Crippen LogP contribution in [0.25, 0.3) is 0 Å². The molecule has 1 heterocycles. The fourth-order valence-corrected chi connectivity index (χ4v) is 3.41. The van der Waals surface area contributed by atoms with Crippen molar-refractivity contribution in [1.82, 2.24) is 9.97 Å². The molecule has 2 aromatic rings. The van der Waals surface area contributed by atoms with Gasteiger partial charge in [0.05, 0.1) is 4.90 Å². The van der Waals surface area contributed by atoms with Gasteiger partial charge in [-0.25, -0.2) is 18.4 Å². The summed E-state index contributed by atoms with van der Waals surface area (Å²) in [6, 6.07) is 6.72. The molecule has 0 aliphatic rings. The maximum absolute atomic E-state index is 11.4. The highest BCUT2D eigenvalue weighted by molar-refractivity contribution is 7.99. The van der Waals surface area contributed by atoms with Crippen molar-refractivity contribution in [3.63, 3.8) is 0 Å². The summed E-state index contributed by atoms with van der Waals surface area (Å²) in [6.45, 7) is 3.84. The van der Waals surface area contributed by atoms with Crippen LogP contribution in [0, 0.1) is 6.92 Å². The predicted octanol–water partition coefficient (Wildman–Crippen LogP) is 3.56. The minimum absolute atomic E-state index is 0.304. The van der Waals surface area contributed by atoms with Gasteiger partial charge >= 0.3 is 0 Å². The van der Waals surface area contributed by atoms with Crippen molar-refractivity contribution in [1.29, 1.82) is 0 Å². The molecule has 4 nitrogen and oxygen atoms in total. The number of rotatable bonds is 4. The molecule has 112 valence electrons. The van der Waals surface area contributed by atoms with E-state index in [1.165, 1.54) is 18.0 Å². The summed E-state index contributed by atoms with van der Waals surface area (Å²) < 4.78 is 22.9. The van der Waals surface area contributed by atoms with Gasteiger partial charge in [0, 0.05) is 23.1 Å². The van der Waals surface area contributed by atoms with Crippen molar-refractivity contribution in [2.24, 2.45) is 0 Å². The highest BCUT2D eigenvalue weighted by Crippen LogP contribution is 2.31. The molecule has 0 aliphatic carbocycles. The van der Waals surface area contributed by atoms with Gasteiger partial charge < -0.3 is 0 Å². The lowest BCUT2D eigenvalue weighted by atomic mass is 10.3. The van der Waals surface area contributed by atoms with Crippen molar-refractivity contribution < 1.29 is 8.42 Å². The fraction of sp³-hybridized carbons (Fsp3) is 0.286. The third-order valence-corrected chi connectivity index (χ3v) is 5.47. The summed E-state index contributed by atoms with van der Waals surface area (Å²) >= 11 is 7.55. The van der Waals surface area contributed by atoms with E-state index in [4.69, 9.17) is 11.6 Å². The second-order valence-corrected chi connectivity index (χ2v) is 8.00. The molecule has 0 spiro atoms. The lowest BCUT2D eigenvalue weighted by molar-refractivity contribution is 0.602. The van der Waals surface area contributed by atoms with Crippen molar-refractivity contribution in [3.8, 4) is 0 Å². The van der Waals surface area contributed by atoms with Crippen LogP contribution in [0.2, 0.25) is 5.15 Å². The minimum Gasteiger partial charge on any atom is -0.226 e. The first-order valence-corrected chi connectivity index (χ1v) is 9.41. The van der Waals surface area contributed by atoms with Crippen molar-refractivity contribution in [2.75, 3.05) is 6.26 Å². The third kappa shape index (κ3) is 3.96. The van der Waals surface area contributed by atoms with Crippen LogP contribution in [0.4, 0.5) is 0 Å². The summed E-state index contributed by atoms with van der Waals surface area (Å²) in [6.07, 6.45) is 1.90. The highest BCUT2D eigenvalue weighted by atomic mass is 35.5. The molecule has 0 radical (unpaired) electrons. The van der Waals surface area contributed by atoms with Gasteiger partial charge in [0.15, 0.2) is 9.84 Å². The summed E-state index contributed by atoms with van der Waals surface area (Å²) in [5.74, 6) is 0.695. The molecule has 0 fully saturated rings. The molecular formula is C14H15ClN2O2S2. The van der Waals surface area contributed by atoms with Crippen molar-refractivity contribution >= 4 is 33.2 Å². The van der Waals surface area contributed by atoms with Crippen LogP contribution >= 0.6 is 23.4 Å². The zero-order valence-electron chi connectivity index (χ0n) is 11.9. The summed E-state index contributed by atoms with van der Waals surface area (Å²) in [5, 5.41) is 1.25. The second kappa shape index (κ2) is 6.34. The first-order valence-electron chi connectivity index (χ1n) is 6.32. The fourth-order valence-electron chi connectivity index (χ4n) is 1.64.